The normalized spacial score (nSPS) is 11.2. The van der Waals surface area contributed by atoms with Gasteiger partial charge < -0.3 is 5.32 Å². The Labute approximate surface area is 103 Å². The van der Waals surface area contributed by atoms with E-state index in [1.54, 1.807) is 12.1 Å². The summed E-state index contributed by atoms with van der Waals surface area (Å²) in [5, 5.41) is 3.58. The fourth-order valence-electron chi connectivity index (χ4n) is 1.24. The Hall–Kier alpha value is -0.900. The molecule has 16 heavy (non-hydrogen) atoms. The highest BCUT2D eigenvalue weighted by atomic mass is 79.9. The summed E-state index contributed by atoms with van der Waals surface area (Å²) >= 11 is 3.33. The molecule has 0 spiro atoms. The van der Waals surface area contributed by atoms with E-state index < -0.39 is 0 Å². The number of amides is 1. The van der Waals surface area contributed by atoms with Gasteiger partial charge in [-0.2, -0.15) is 0 Å². The number of rotatable bonds is 4. The van der Waals surface area contributed by atoms with Gasteiger partial charge in [-0.25, -0.2) is 4.39 Å². The zero-order valence-electron chi connectivity index (χ0n) is 9.39. The highest BCUT2D eigenvalue weighted by Gasteiger charge is 2.18. The van der Waals surface area contributed by atoms with Crippen molar-refractivity contribution in [3.63, 3.8) is 0 Å². The summed E-state index contributed by atoms with van der Waals surface area (Å²) < 4.78 is 12.6. The van der Waals surface area contributed by atoms with Gasteiger partial charge in [0.05, 0.1) is 6.42 Å². The van der Waals surface area contributed by atoms with Gasteiger partial charge in [-0.05, 0) is 31.5 Å². The molecule has 1 N–H and O–H groups in total. The van der Waals surface area contributed by atoms with Crippen molar-refractivity contribution >= 4 is 21.8 Å². The highest BCUT2D eigenvalue weighted by molar-refractivity contribution is 9.09. The van der Waals surface area contributed by atoms with Gasteiger partial charge in [0.15, 0.2) is 0 Å². The molecule has 0 radical (unpaired) electrons. The third kappa shape index (κ3) is 4.31. The molecule has 0 aromatic heterocycles. The van der Waals surface area contributed by atoms with E-state index in [-0.39, 0.29) is 23.7 Å². The van der Waals surface area contributed by atoms with Gasteiger partial charge in [0.2, 0.25) is 5.91 Å². The standard InChI is InChI=1S/C12H15BrFNO/c1-12(2,8-13)15-11(16)7-9-3-5-10(14)6-4-9/h3-6H,7-8H2,1-2H3,(H,15,16). The molecule has 1 aromatic carbocycles. The van der Waals surface area contributed by atoms with Crippen LogP contribution in [0.5, 0.6) is 0 Å². The molecule has 0 bridgehead atoms. The predicted octanol–water partition coefficient (Wildman–Crippen LogP) is 2.66. The average molecular weight is 288 g/mol. The van der Waals surface area contributed by atoms with Crippen LogP contribution in [0.25, 0.3) is 0 Å². The lowest BCUT2D eigenvalue weighted by Crippen LogP contribution is -2.45. The largest absolute Gasteiger partial charge is 0.350 e. The lowest BCUT2D eigenvalue weighted by Gasteiger charge is -2.23. The Kier molecular flexibility index (Phi) is 4.47. The fourth-order valence-corrected chi connectivity index (χ4v) is 1.38. The van der Waals surface area contributed by atoms with Crippen molar-refractivity contribution in [3.05, 3.63) is 35.6 Å². The van der Waals surface area contributed by atoms with Crippen molar-refractivity contribution in [2.24, 2.45) is 0 Å². The predicted molar refractivity (Wildman–Crippen MR) is 66.1 cm³/mol. The van der Waals surface area contributed by atoms with Crippen LogP contribution < -0.4 is 5.32 Å². The molecule has 0 aliphatic carbocycles. The summed E-state index contributed by atoms with van der Waals surface area (Å²) in [7, 11) is 0. The van der Waals surface area contributed by atoms with Crippen LogP contribution in [-0.2, 0) is 11.2 Å². The van der Waals surface area contributed by atoms with Crippen molar-refractivity contribution in [2.75, 3.05) is 5.33 Å². The number of carbonyl (C=O) groups is 1. The van der Waals surface area contributed by atoms with Gasteiger partial charge in [-0.15, -0.1) is 0 Å². The van der Waals surface area contributed by atoms with E-state index in [1.165, 1.54) is 12.1 Å². The van der Waals surface area contributed by atoms with Gasteiger partial charge in [0.25, 0.3) is 0 Å². The highest BCUT2D eigenvalue weighted by Crippen LogP contribution is 2.08. The van der Waals surface area contributed by atoms with E-state index >= 15 is 0 Å². The number of benzene rings is 1. The number of halogens is 2. The van der Waals surface area contributed by atoms with Crippen molar-refractivity contribution in [1.29, 1.82) is 0 Å². The first-order valence-electron chi connectivity index (χ1n) is 5.04. The third-order valence-corrected chi connectivity index (χ3v) is 3.49. The van der Waals surface area contributed by atoms with Crippen molar-refractivity contribution in [2.45, 2.75) is 25.8 Å². The molecule has 0 heterocycles. The molecule has 1 aromatic rings. The molecule has 0 fully saturated rings. The van der Waals surface area contributed by atoms with Crippen molar-refractivity contribution in [3.8, 4) is 0 Å². The summed E-state index contributed by atoms with van der Waals surface area (Å²) in [6, 6.07) is 5.96. The summed E-state index contributed by atoms with van der Waals surface area (Å²) in [5.41, 5.74) is 0.543. The lowest BCUT2D eigenvalue weighted by molar-refractivity contribution is -0.121. The maximum absolute atomic E-state index is 12.6. The van der Waals surface area contributed by atoms with E-state index in [0.717, 1.165) is 5.56 Å². The van der Waals surface area contributed by atoms with Crippen LogP contribution in [0.15, 0.2) is 24.3 Å². The SMILES string of the molecule is CC(C)(CBr)NC(=O)Cc1ccc(F)cc1. The Morgan fingerprint density at radius 2 is 1.94 bits per heavy atom. The van der Waals surface area contributed by atoms with Crippen LogP contribution in [0.1, 0.15) is 19.4 Å². The Morgan fingerprint density at radius 1 is 1.38 bits per heavy atom. The molecule has 0 saturated heterocycles. The van der Waals surface area contributed by atoms with Gasteiger partial charge in [-0.3, -0.25) is 4.79 Å². The summed E-state index contributed by atoms with van der Waals surface area (Å²) in [4.78, 5) is 11.6. The van der Waals surface area contributed by atoms with E-state index in [4.69, 9.17) is 0 Å². The number of hydrogen-bond donors (Lipinski definition) is 1. The lowest BCUT2D eigenvalue weighted by atomic mass is 10.1. The monoisotopic (exact) mass is 287 g/mol. The van der Waals surface area contributed by atoms with Gasteiger partial charge in [0, 0.05) is 10.9 Å². The molecule has 1 amide bonds. The van der Waals surface area contributed by atoms with E-state index in [1.807, 2.05) is 13.8 Å². The number of nitrogens with one attached hydrogen (secondary N) is 1. The first-order chi connectivity index (χ1) is 7.43. The maximum atomic E-state index is 12.6. The molecule has 0 unspecified atom stereocenters. The second-order valence-electron chi connectivity index (χ2n) is 4.37. The topological polar surface area (TPSA) is 29.1 Å². The van der Waals surface area contributed by atoms with E-state index in [2.05, 4.69) is 21.2 Å². The zero-order valence-corrected chi connectivity index (χ0v) is 11.0. The minimum absolute atomic E-state index is 0.0592. The summed E-state index contributed by atoms with van der Waals surface area (Å²) in [6.45, 7) is 3.87. The summed E-state index contributed by atoms with van der Waals surface area (Å²) in [5.74, 6) is -0.346. The van der Waals surface area contributed by atoms with Gasteiger partial charge >= 0.3 is 0 Å². The number of hydrogen-bond acceptors (Lipinski definition) is 1. The molecule has 4 heteroatoms. The molecule has 0 atom stereocenters. The van der Waals surface area contributed by atoms with Gasteiger partial charge in [0.1, 0.15) is 5.82 Å². The Morgan fingerprint density at radius 3 is 2.44 bits per heavy atom. The summed E-state index contributed by atoms with van der Waals surface area (Å²) in [6.07, 6.45) is 0.275. The molecule has 88 valence electrons. The van der Waals surface area contributed by atoms with Crippen molar-refractivity contribution < 1.29 is 9.18 Å². The van der Waals surface area contributed by atoms with Crippen LogP contribution >= 0.6 is 15.9 Å². The first kappa shape index (κ1) is 13.2. The maximum Gasteiger partial charge on any atom is 0.224 e. The average Bonchev–Trinajstić information content (AvgIpc) is 2.21. The molecule has 0 saturated carbocycles. The second kappa shape index (κ2) is 5.43. The third-order valence-electron chi connectivity index (χ3n) is 2.09. The van der Waals surface area contributed by atoms with Crippen LogP contribution in [0, 0.1) is 5.82 Å². The Balaban J connectivity index is 2.55. The van der Waals surface area contributed by atoms with Crippen LogP contribution in [0.4, 0.5) is 4.39 Å². The smallest absolute Gasteiger partial charge is 0.224 e. The molecular weight excluding hydrogens is 273 g/mol. The first-order valence-corrected chi connectivity index (χ1v) is 6.16. The van der Waals surface area contributed by atoms with Crippen LogP contribution in [0.2, 0.25) is 0 Å². The van der Waals surface area contributed by atoms with Crippen molar-refractivity contribution in [1.82, 2.24) is 5.32 Å². The second-order valence-corrected chi connectivity index (χ2v) is 4.93. The van der Waals surface area contributed by atoms with Crippen LogP contribution in [-0.4, -0.2) is 16.8 Å². The molecule has 1 rings (SSSR count). The minimum atomic E-state index is -0.287. The number of carbonyl (C=O) groups excluding carboxylic acids is 1. The van der Waals surface area contributed by atoms with Gasteiger partial charge in [-0.1, -0.05) is 28.1 Å². The molecule has 0 aliphatic rings. The quantitative estimate of drug-likeness (QED) is 0.848. The molecular formula is C12H15BrFNO. The van der Waals surface area contributed by atoms with E-state index in [9.17, 15) is 9.18 Å². The minimum Gasteiger partial charge on any atom is -0.350 e. The van der Waals surface area contributed by atoms with Crippen LogP contribution in [0.3, 0.4) is 0 Å². The molecule has 0 aliphatic heterocycles. The number of alkyl halides is 1. The zero-order chi connectivity index (χ0) is 12.2. The molecule has 2 nitrogen and oxygen atoms in total. The fraction of sp³-hybridized carbons (Fsp3) is 0.417. The van der Waals surface area contributed by atoms with E-state index in [0.29, 0.717) is 5.33 Å². The Bertz CT molecular complexity index is 362.